The number of carbonyl (C=O) groups is 1. The number of anilines is 1. The van der Waals surface area contributed by atoms with E-state index in [2.05, 4.69) is 15.0 Å². The molecule has 0 bridgehead atoms. The van der Waals surface area contributed by atoms with E-state index >= 15 is 0 Å². The number of carbonyl (C=O) groups excluding carboxylic acids is 1. The molecule has 2 saturated heterocycles. The topological polar surface area (TPSA) is 63.5 Å². The number of amides is 1. The van der Waals surface area contributed by atoms with Crippen LogP contribution in [0.25, 0.3) is 0 Å². The molecule has 7 heteroatoms. The minimum Gasteiger partial charge on any atom is -0.378 e. The van der Waals surface area contributed by atoms with Gasteiger partial charge < -0.3 is 14.5 Å². The van der Waals surface area contributed by atoms with Crippen LogP contribution in [0.15, 0.2) is 36.8 Å². The Labute approximate surface area is 159 Å². The molecule has 2 aromatic heterocycles. The van der Waals surface area contributed by atoms with Gasteiger partial charge in [0, 0.05) is 50.8 Å². The predicted octanol–water partition coefficient (Wildman–Crippen LogP) is 2.20. The molecule has 2 aliphatic rings. The molecule has 2 aromatic rings. The fourth-order valence-electron chi connectivity index (χ4n) is 3.94. The van der Waals surface area contributed by atoms with Crippen LogP contribution in [-0.4, -0.2) is 64.5 Å². The summed E-state index contributed by atoms with van der Waals surface area (Å²) in [6.07, 6.45) is 9.76. The van der Waals surface area contributed by atoms with Crippen LogP contribution in [0.4, 0.5) is 5.82 Å². The normalized spacial score (nSPS) is 20.7. The number of pyridine rings is 1. The molecule has 0 spiro atoms. The van der Waals surface area contributed by atoms with Crippen molar-refractivity contribution in [1.29, 1.82) is 0 Å². The van der Waals surface area contributed by atoms with Gasteiger partial charge in [0.2, 0.25) is 0 Å². The first-order chi connectivity index (χ1) is 13.3. The first kappa shape index (κ1) is 18.0. The molecule has 2 fully saturated rings. The summed E-state index contributed by atoms with van der Waals surface area (Å²) >= 11 is 0. The van der Waals surface area contributed by atoms with Gasteiger partial charge in [-0.1, -0.05) is 0 Å². The number of hydrogen-bond donors (Lipinski definition) is 0. The molecule has 0 aliphatic carbocycles. The zero-order chi connectivity index (χ0) is 18.5. The molecule has 4 heterocycles. The summed E-state index contributed by atoms with van der Waals surface area (Å²) in [6, 6.07) is 6.08. The van der Waals surface area contributed by atoms with Crippen LogP contribution < -0.4 is 4.90 Å². The number of rotatable bonds is 5. The monoisotopic (exact) mass is 369 g/mol. The number of aromatic nitrogens is 3. The maximum Gasteiger partial charge on any atom is 0.255 e. The second kappa shape index (κ2) is 8.52. The second-order valence-electron chi connectivity index (χ2n) is 7.21. The number of likely N-dealkylation sites (tertiary alicyclic amines) is 1. The summed E-state index contributed by atoms with van der Waals surface area (Å²) in [7, 11) is 0. The molecule has 0 radical (unpaired) electrons. The highest BCUT2D eigenvalue weighted by molar-refractivity contribution is 5.94. The number of aryl methyl sites for hydroxylation is 1. The van der Waals surface area contributed by atoms with Crippen molar-refractivity contribution in [1.82, 2.24) is 19.7 Å². The summed E-state index contributed by atoms with van der Waals surface area (Å²) < 4.78 is 7.33. The van der Waals surface area contributed by atoms with Crippen LogP contribution in [0.3, 0.4) is 0 Å². The van der Waals surface area contributed by atoms with Crippen molar-refractivity contribution in [3.63, 3.8) is 0 Å². The van der Waals surface area contributed by atoms with Crippen LogP contribution in [0.1, 0.15) is 36.0 Å². The number of ether oxygens (including phenoxy) is 1. The van der Waals surface area contributed by atoms with Crippen molar-refractivity contribution < 1.29 is 9.53 Å². The molecule has 0 saturated carbocycles. The van der Waals surface area contributed by atoms with Crippen molar-refractivity contribution >= 4 is 11.7 Å². The molecule has 2 aliphatic heterocycles. The quantitative estimate of drug-likeness (QED) is 0.808. The predicted molar refractivity (Wildman–Crippen MR) is 103 cm³/mol. The lowest BCUT2D eigenvalue weighted by atomic mass is 9.98. The maximum atomic E-state index is 13.1. The van der Waals surface area contributed by atoms with E-state index in [-0.39, 0.29) is 11.9 Å². The summed E-state index contributed by atoms with van der Waals surface area (Å²) in [4.78, 5) is 21.9. The van der Waals surface area contributed by atoms with E-state index in [9.17, 15) is 4.79 Å². The van der Waals surface area contributed by atoms with Crippen LogP contribution in [0.5, 0.6) is 0 Å². The molecule has 0 aromatic carbocycles. The van der Waals surface area contributed by atoms with E-state index in [0.29, 0.717) is 5.56 Å². The Morgan fingerprint density at radius 2 is 2.07 bits per heavy atom. The first-order valence-corrected chi connectivity index (χ1v) is 9.88. The van der Waals surface area contributed by atoms with E-state index in [0.717, 1.165) is 64.5 Å². The van der Waals surface area contributed by atoms with E-state index in [1.165, 1.54) is 6.42 Å². The van der Waals surface area contributed by atoms with Gasteiger partial charge in [0.25, 0.3) is 5.91 Å². The molecule has 27 heavy (non-hydrogen) atoms. The van der Waals surface area contributed by atoms with E-state index in [1.54, 1.807) is 12.4 Å². The van der Waals surface area contributed by atoms with Crippen molar-refractivity contribution in [3.05, 3.63) is 42.4 Å². The summed E-state index contributed by atoms with van der Waals surface area (Å²) in [5.74, 6) is 1.02. The number of nitrogens with zero attached hydrogens (tertiary/aromatic N) is 5. The second-order valence-corrected chi connectivity index (χ2v) is 7.21. The summed E-state index contributed by atoms with van der Waals surface area (Å²) in [5.41, 5.74) is 0.679. The highest BCUT2D eigenvalue weighted by Crippen LogP contribution is 2.23. The Hall–Kier alpha value is -2.41. The van der Waals surface area contributed by atoms with Crippen molar-refractivity contribution in [2.24, 2.45) is 0 Å². The third kappa shape index (κ3) is 4.30. The molecule has 7 nitrogen and oxygen atoms in total. The smallest absolute Gasteiger partial charge is 0.255 e. The molecule has 4 rings (SSSR count). The average Bonchev–Trinajstić information content (AvgIpc) is 3.26. The molecular weight excluding hydrogens is 342 g/mol. The first-order valence-electron chi connectivity index (χ1n) is 9.88. The largest absolute Gasteiger partial charge is 0.378 e. The number of piperidine rings is 1. The molecule has 0 N–H and O–H groups in total. The lowest BCUT2D eigenvalue weighted by Crippen LogP contribution is -2.44. The van der Waals surface area contributed by atoms with Gasteiger partial charge in [0.1, 0.15) is 5.82 Å². The van der Waals surface area contributed by atoms with Gasteiger partial charge in [0.15, 0.2) is 0 Å². The Kier molecular flexibility index (Phi) is 5.67. The SMILES string of the molecule is O=C(c1ccc(N2CCOCC2)nc1)N1CCCC[C@H]1CCn1cccn1. The molecule has 1 amide bonds. The third-order valence-electron chi connectivity index (χ3n) is 5.47. The Balaban J connectivity index is 1.41. The van der Waals surface area contributed by atoms with Gasteiger partial charge in [-0.25, -0.2) is 4.98 Å². The number of hydrogen-bond acceptors (Lipinski definition) is 5. The van der Waals surface area contributed by atoms with Gasteiger partial charge >= 0.3 is 0 Å². The zero-order valence-electron chi connectivity index (χ0n) is 15.7. The fraction of sp³-hybridized carbons (Fsp3) is 0.550. The third-order valence-corrected chi connectivity index (χ3v) is 5.47. The highest BCUT2D eigenvalue weighted by atomic mass is 16.5. The molecular formula is C20H27N5O2. The molecule has 144 valence electrons. The van der Waals surface area contributed by atoms with E-state index < -0.39 is 0 Å². The van der Waals surface area contributed by atoms with E-state index in [1.807, 2.05) is 34.0 Å². The minimum absolute atomic E-state index is 0.0983. The highest BCUT2D eigenvalue weighted by Gasteiger charge is 2.27. The molecule has 0 unspecified atom stereocenters. The van der Waals surface area contributed by atoms with Crippen molar-refractivity contribution in [2.45, 2.75) is 38.3 Å². The van der Waals surface area contributed by atoms with Gasteiger partial charge in [-0.15, -0.1) is 0 Å². The summed E-state index contributed by atoms with van der Waals surface area (Å²) in [5, 5.41) is 4.27. The fourth-order valence-corrected chi connectivity index (χ4v) is 3.94. The maximum absolute atomic E-state index is 13.1. The Morgan fingerprint density at radius 3 is 2.81 bits per heavy atom. The van der Waals surface area contributed by atoms with Gasteiger partial charge in [0.05, 0.1) is 18.8 Å². The van der Waals surface area contributed by atoms with E-state index in [4.69, 9.17) is 4.74 Å². The Morgan fingerprint density at radius 1 is 1.19 bits per heavy atom. The van der Waals surface area contributed by atoms with Crippen LogP contribution in [0.2, 0.25) is 0 Å². The Bertz CT molecular complexity index is 725. The lowest BCUT2D eigenvalue weighted by Gasteiger charge is -2.36. The van der Waals surface area contributed by atoms with Crippen molar-refractivity contribution in [3.8, 4) is 0 Å². The standard InChI is InChI=1S/C20H27N5O2/c26-20(17-5-6-19(21-16-17)23-12-14-27-15-13-23)25-10-2-1-4-18(25)7-11-24-9-3-8-22-24/h3,5-6,8-9,16,18H,1-2,4,7,10-15H2/t18-/m0/s1. The van der Waals surface area contributed by atoms with Gasteiger partial charge in [-0.05, 0) is 43.9 Å². The average molecular weight is 369 g/mol. The lowest BCUT2D eigenvalue weighted by molar-refractivity contribution is 0.0593. The van der Waals surface area contributed by atoms with Crippen LogP contribution >= 0.6 is 0 Å². The van der Waals surface area contributed by atoms with Crippen molar-refractivity contribution in [2.75, 3.05) is 37.7 Å². The minimum atomic E-state index is 0.0983. The zero-order valence-corrected chi connectivity index (χ0v) is 15.7. The summed E-state index contributed by atoms with van der Waals surface area (Å²) in [6.45, 7) is 4.83. The molecule has 1 atom stereocenters. The van der Waals surface area contributed by atoms with Crippen LogP contribution in [0, 0.1) is 0 Å². The van der Waals surface area contributed by atoms with Gasteiger partial charge in [-0.3, -0.25) is 9.48 Å². The number of morpholine rings is 1. The van der Waals surface area contributed by atoms with Crippen LogP contribution in [-0.2, 0) is 11.3 Å². The van der Waals surface area contributed by atoms with Gasteiger partial charge in [-0.2, -0.15) is 5.10 Å².